The first-order valence-corrected chi connectivity index (χ1v) is 6.14. The van der Waals surface area contributed by atoms with Crippen LogP contribution in [0.3, 0.4) is 0 Å². The molecule has 0 unspecified atom stereocenters. The molecule has 2 aromatic rings. The molecule has 6 nitrogen and oxygen atoms in total. The number of anilines is 1. The van der Waals surface area contributed by atoms with Crippen LogP contribution in [0.1, 0.15) is 38.7 Å². The van der Waals surface area contributed by atoms with Crippen LogP contribution in [0.25, 0.3) is 11.4 Å². The van der Waals surface area contributed by atoms with Gasteiger partial charge in [0, 0.05) is 12.1 Å². The zero-order chi connectivity index (χ0) is 13.1. The first kappa shape index (κ1) is 12.5. The SMILES string of the molecule is CCCn1nncc1-c1ncnc(N)c1C(C)C. The van der Waals surface area contributed by atoms with E-state index in [2.05, 4.69) is 41.1 Å². The molecule has 0 aromatic carbocycles. The van der Waals surface area contributed by atoms with Gasteiger partial charge in [0.25, 0.3) is 0 Å². The van der Waals surface area contributed by atoms with E-state index in [0.717, 1.165) is 29.9 Å². The van der Waals surface area contributed by atoms with Gasteiger partial charge in [-0.05, 0) is 12.3 Å². The van der Waals surface area contributed by atoms with Gasteiger partial charge in [-0.25, -0.2) is 14.6 Å². The van der Waals surface area contributed by atoms with Gasteiger partial charge in [-0.1, -0.05) is 26.0 Å². The summed E-state index contributed by atoms with van der Waals surface area (Å²) in [4.78, 5) is 8.42. The van der Waals surface area contributed by atoms with Gasteiger partial charge >= 0.3 is 0 Å². The average Bonchev–Trinajstić information content (AvgIpc) is 2.76. The van der Waals surface area contributed by atoms with E-state index in [1.54, 1.807) is 6.20 Å². The van der Waals surface area contributed by atoms with Gasteiger partial charge in [0.05, 0.1) is 11.9 Å². The van der Waals surface area contributed by atoms with Crippen molar-refractivity contribution in [2.24, 2.45) is 0 Å². The fraction of sp³-hybridized carbons (Fsp3) is 0.500. The molecule has 0 saturated carbocycles. The van der Waals surface area contributed by atoms with E-state index in [1.165, 1.54) is 6.33 Å². The molecule has 0 aliphatic heterocycles. The molecule has 18 heavy (non-hydrogen) atoms. The minimum absolute atomic E-state index is 0.256. The number of nitrogen functional groups attached to an aromatic ring is 1. The summed E-state index contributed by atoms with van der Waals surface area (Å²) in [7, 11) is 0. The molecule has 0 spiro atoms. The summed E-state index contributed by atoms with van der Waals surface area (Å²) in [5.41, 5.74) is 8.63. The number of nitrogens with two attached hydrogens (primary N) is 1. The molecule has 0 atom stereocenters. The first-order valence-electron chi connectivity index (χ1n) is 6.14. The van der Waals surface area contributed by atoms with Crippen LogP contribution in [0, 0.1) is 0 Å². The highest BCUT2D eigenvalue weighted by atomic mass is 15.4. The van der Waals surface area contributed by atoms with E-state index in [-0.39, 0.29) is 5.92 Å². The van der Waals surface area contributed by atoms with Gasteiger partial charge < -0.3 is 5.73 Å². The molecule has 0 amide bonds. The highest BCUT2D eigenvalue weighted by Crippen LogP contribution is 2.29. The van der Waals surface area contributed by atoms with Gasteiger partial charge in [0.1, 0.15) is 17.8 Å². The van der Waals surface area contributed by atoms with Gasteiger partial charge in [0.2, 0.25) is 0 Å². The van der Waals surface area contributed by atoms with Crippen molar-refractivity contribution in [3.8, 4) is 11.4 Å². The Morgan fingerprint density at radius 3 is 2.78 bits per heavy atom. The molecule has 0 radical (unpaired) electrons. The topological polar surface area (TPSA) is 82.5 Å². The van der Waals surface area contributed by atoms with E-state index in [1.807, 2.05) is 4.68 Å². The second kappa shape index (κ2) is 5.12. The van der Waals surface area contributed by atoms with Crippen LogP contribution in [-0.4, -0.2) is 25.0 Å². The Balaban J connectivity index is 2.56. The maximum Gasteiger partial charge on any atom is 0.130 e. The molecule has 6 heteroatoms. The fourth-order valence-corrected chi connectivity index (χ4v) is 2.00. The number of aryl methyl sites for hydroxylation is 1. The number of rotatable bonds is 4. The lowest BCUT2D eigenvalue weighted by molar-refractivity contribution is 0.582. The largest absolute Gasteiger partial charge is 0.383 e. The van der Waals surface area contributed by atoms with E-state index in [0.29, 0.717) is 5.82 Å². The Morgan fingerprint density at radius 1 is 1.33 bits per heavy atom. The molecule has 2 N–H and O–H groups in total. The molecule has 2 heterocycles. The van der Waals surface area contributed by atoms with Crippen molar-refractivity contribution in [1.29, 1.82) is 0 Å². The summed E-state index contributed by atoms with van der Waals surface area (Å²) >= 11 is 0. The average molecular weight is 246 g/mol. The molecule has 2 rings (SSSR count). The minimum atomic E-state index is 0.256. The smallest absolute Gasteiger partial charge is 0.130 e. The maximum absolute atomic E-state index is 5.95. The Kier molecular flexibility index (Phi) is 3.55. The summed E-state index contributed by atoms with van der Waals surface area (Å²) in [5.74, 6) is 0.783. The van der Waals surface area contributed by atoms with Crippen LogP contribution in [0.15, 0.2) is 12.5 Å². The summed E-state index contributed by atoms with van der Waals surface area (Å²) in [6.07, 6.45) is 4.21. The summed E-state index contributed by atoms with van der Waals surface area (Å²) in [6.45, 7) is 7.07. The highest BCUT2D eigenvalue weighted by Gasteiger charge is 2.17. The van der Waals surface area contributed by atoms with Crippen LogP contribution < -0.4 is 5.73 Å². The predicted octanol–water partition coefficient (Wildman–Crippen LogP) is 1.85. The van der Waals surface area contributed by atoms with Crippen LogP contribution >= 0.6 is 0 Å². The van der Waals surface area contributed by atoms with Crippen molar-refractivity contribution < 1.29 is 0 Å². The second-order valence-electron chi connectivity index (χ2n) is 4.52. The van der Waals surface area contributed by atoms with Crippen molar-refractivity contribution in [3.63, 3.8) is 0 Å². The zero-order valence-corrected chi connectivity index (χ0v) is 11.0. The van der Waals surface area contributed by atoms with Crippen molar-refractivity contribution in [2.45, 2.75) is 39.7 Å². The molecule has 0 aliphatic rings. The lowest BCUT2D eigenvalue weighted by Gasteiger charge is -2.13. The number of hydrogen-bond acceptors (Lipinski definition) is 5. The van der Waals surface area contributed by atoms with Crippen LogP contribution in [-0.2, 0) is 6.54 Å². The van der Waals surface area contributed by atoms with Gasteiger partial charge in [-0.15, -0.1) is 5.10 Å². The minimum Gasteiger partial charge on any atom is -0.383 e. The fourth-order valence-electron chi connectivity index (χ4n) is 2.00. The van der Waals surface area contributed by atoms with Crippen LogP contribution in [0.2, 0.25) is 0 Å². The van der Waals surface area contributed by atoms with Crippen molar-refractivity contribution >= 4 is 5.82 Å². The van der Waals surface area contributed by atoms with Crippen molar-refractivity contribution in [3.05, 3.63) is 18.1 Å². The van der Waals surface area contributed by atoms with Gasteiger partial charge in [-0.3, -0.25) is 0 Å². The molecule has 0 fully saturated rings. The lowest BCUT2D eigenvalue weighted by Crippen LogP contribution is -2.08. The van der Waals surface area contributed by atoms with Crippen molar-refractivity contribution in [1.82, 2.24) is 25.0 Å². The molecule has 0 saturated heterocycles. The van der Waals surface area contributed by atoms with Crippen LogP contribution in [0.5, 0.6) is 0 Å². The third kappa shape index (κ3) is 2.18. The Labute approximate surface area is 106 Å². The quantitative estimate of drug-likeness (QED) is 0.890. The van der Waals surface area contributed by atoms with E-state index >= 15 is 0 Å². The zero-order valence-electron chi connectivity index (χ0n) is 11.0. The second-order valence-corrected chi connectivity index (χ2v) is 4.52. The lowest BCUT2D eigenvalue weighted by atomic mass is 10.0. The Bertz CT molecular complexity index is 531. The summed E-state index contributed by atoms with van der Waals surface area (Å²) in [6, 6.07) is 0. The van der Waals surface area contributed by atoms with E-state index in [9.17, 15) is 0 Å². The van der Waals surface area contributed by atoms with E-state index in [4.69, 9.17) is 5.73 Å². The van der Waals surface area contributed by atoms with Crippen LogP contribution in [0.4, 0.5) is 5.82 Å². The molecule has 96 valence electrons. The Morgan fingerprint density at radius 2 is 2.11 bits per heavy atom. The van der Waals surface area contributed by atoms with Crippen molar-refractivity contribution in [2.75, 3.05) is 5.73 Å². The first-order chi connectivity index (χ1) is 8.65. The number of aromatic nitrogens is 5. The number of nitrogens with zero attached hydrogens (tertiary/aromatic N) is 5. The third-order valence-electron chi connectivity index (χ3n) is 2.79. The molecule has 0 aliphatic carbocycles. The van der Waals surface area contributed by atoms with Gasteiger partial charge in [-0.2, -0.15) is 0 Å². The highest BCUT2D eigenvalue weighted by molar-refractivity contribution is 5.64. The normalized spacial score (nSPS) is 11.1. The maximum atomic E-state index is 5.95. The Hall–Kier alpha value is -1.98. The monoisotopic (exact) mass is 246 g/mol. The summed E-state index contributed by atoms with van der Waals surface area (Å²) < 4.78 is 1.85. The predicted molar refractivity (Wildman–Crippen MR) is 69.8 cm³/mol. The molecular weight excluding hydrogens is 228 g/mol. The molecule has 2 aromatic heterocycles. The third-order valence-corrected chi connectivity index (χ3v) is 2.79. The molecular formula is C12H18N6. The van der Waals surface area contributed by atoms with E-state index < -0.39 is 0 Å². The number of hydrogen-bond donors (Lipinski definition) is 1. The molecule has 0 bridgehead atoms. The van der Waals surface area contributed by atoms with Gasteiger partial charge in [0.15, 0.2) is 0 Å². The summed E-state index contributed by atoms with van der Waals surface area (Å²) in [5, 5.41) is 8.04. The standard InChI is InChI=1S/C12H18N6/c1-4-5-18-9(6-16-17-18)11-10(8(2)3)12(13)15-7-14-11/h6-8H,4-5H2,1-3H3,(H2,13,14,15).